The van der Waals surface area contributed by atoms with Crippen LogP contribution in [0.3, 0.4) is 0 Å². The van der Waals surface area contributed by atoms with Gasteiger partial charge in [0, 0.05) is 12.2 Å². The number of nitrogens with zero attached hydrogens (tertiary/aromatic N) is 1. The van der Waals surface area contributed by atoms with Gasteiger partial charge < -0.3 is 15.0 Å². The minimum absolute atomic E-state index is 0.0773. The van der Waals surface area contributed by atoms with Crippen molar-refractivity contribution >= 4 is 11.6 Å². The highest BCUT2D eigenvalue weighted by Crippen LogP contribution is 2.31. The van der Waals surface area contributed by atoms with E-state index in [2.05, 4.69) is 17.4 Å². The largest absolute Gasteiger partial charge is 0.416 e. The number of alkyl halides is 3. The number of morpholine rings is 1. The molecule has 3 rings (SSSR count). The van der Waals surface area contributed by atoms with Crippen LogP contribution in [-0.2, 0) is 22.1 Å². The van der Waals surface area contributed by atoms with Crippen molar-refractivity contribution in [3.63, 3.8) is 0 Å². The number of nitrogens with one attached hydrogen (secondary N) is 1. The Morgan fingerprint density at radius 1 is 1.07 bits per heavy atom. The predicted octanol–water partition coefficient (Wildman–Crippen LogP) is 3.27. The van der Waals surface area contributed by atoms with E-state index < -0.39 is 11.7 Å². The Labute approximate surface area is 155 Å². The maximum Gasteiger partial charge on any atom is 0.416 e. The maximum atomic E-state index is 12.7. The summed E-state index contributed by atoms with van der Waals surface area (Å²) in [5.41, 5.74) is 0.952. The number of anilines is 1. The second kappa shape index (κ2) is 8.54. The number of carbonyl (C=O) groups excluding carboxylic acids is 1. The van der Waals surface area contributed by atoms with Crippen molar-refractivity contribution in [2.75, 3.05) is 31.1 Å². The Bertz CT molecular complexity index is 748. The number of ether oxygens (including phenoxy) is 1. The summed E-state index contributed by atoms with van der Waals surface area (Å²) in [5.74, 6) is -0.254. The van der Waals surface area contributed by atoms with Crippen LogP contribution in [-0.4, -0.2) is 38.3 Å². The van der Waals surface area contributed by atoms with E-state index in [9.17, 15) is 18.0 Å². The van der Waals surface area contributed by atoms with Crippen LogP contribution in [0.2, 0.25) is 0 Å². The smallest absolute Gasteiger partial charge is 0.365 e. The molecule has 1 unspecified atom stereocenters. The molecule has 1 atom stereocenters. The molecule has 7 heteroatoms. The fourth-order valence-corrected chi connectivity index (χ4v) is 2.97. The van der Waals surface area contributed by atoms with Gasteiger partial charge in [-0.2, -0.15) is 13.2 Å². The summed E-state index contributed by atoms with van der Waals surface area (Å²) in [7, 11) is 0. The molecule has 2 aromatic carbocycles. The van der Waals surface area contributed by atoms with Gasteiger partial charge in [0.15, 0.2) is 0 Å². The van der Waals surface area contributed by atoms with Crippen molar-refractivity contribution in [2.45, 2.75) is 18.7 Å². The van der Waals surface area contributed by atoms with Gasteiger partial charge in [-0.15, -0.1) is 0 Å². The third-order valence-corrected chi connectivity index (χ3v) is 4.44. The quantitative estimate of drug-likeness (QED) is 0.785. The fourth-order valence-electron chi connectivity index (χ4n) is 2.97. The third kappa shape index (κ3) is 5.30. The van der Waals surface area contributed by atoms with E-state index in [1.165, 1.54) is 22.6 Å². The summed E-state index contributed by atoms with van der Waals surface area (Å²) in [6, 6.07) is 14.7. The average molecular weight is 378 g/mol. The Morgan fingerprint density at radius 2 is 1.78 bits per heavy atom. The van der Waals surface area contributed by atoms with Crippen LogP contribution < -0.4 is 10.2 Å². The van der Waals surface area contributed by atoms with E-state index in [0.717, 1.165) is 25.1 Å². The zero-order valence-corrected chi connectivity index (χ0v) is 14.7. The van der Waals surface area contributed by atoms with Crippen molar-refractivity contribution in [1.82, 2.24) is 5.32 Å². The SMILES string of the molecule is O=C1COC(CNCCc2ccccc2)CN1c1ccc(C(F)(F)F)cc1. The molecule has 0 aromatic heterocycles. The number of benzene rings is 2. The molecule has 1 saturated heterocycles. The molecule has 0 radical (unpaired) electrons. The lowest BCUT2D eigenvalue weighted by atomic mass is 10.1. The zero-order valence-electron chi connectivity index (χ0n) is 14.7. The van der Waals surface area contributed by atoms with Crippen LogP contribution in [0.15, 0.2) is 54.6 Å². The highest BCUT2D eigenvalue weighted by molar-refractivity contribution is 5.95. The second-order valence-electron chi connectivity index (χ2n) is 6.42. The molecule has 1 fully saturated rings. The molecule has 27 heavy (non-hydrogen) atoms. The number of carbonyl (C=O) groups is 1. The standard InChI is InChI=1S/C20H21F3N2O2/c21-20(22,23)16-6-8-17(9-7-16)25-13-18(27-14-19(25)26)12-24-11-10-15-4-2-1-3-5-15/h1-9,18,24H,10-14H2. The summed E-state index contributed by atoms with van der Waals surface area (Å²) in [5, 5.41) is 3.31. The molecule has 0 spiro atoms. The van der Waals surface area contributed by atoms with Crippen molar-refractivity contribution < 1.29 is 22.7 Å². The van der Waals surface area contributed by atoms with E-state index >= 15 is 0 Å². The number of hydrogen-bond donors (Lipinski definition) is 1. The van der Waals surface area contributed by atoms with Gasteiger partial charge in [-0.25, -0.2) is 0 Å². The number of halogens is 3. The van der Waals surface area contributed by atoms with E-state index in [0.29, 0.717) is 18.8 Å². The number of hydrogen-bond acceptors (Lipinski definition) is 3. The second-order valence-corrected chi connectivity index (χ2v) is 6.42. The molecule has 4 nitrogen and oxygen atoms in total. The first-order valence-corrected chi connectivity index (χ1v) is 8.77. The number of amides is 1. The summed E-state index contributed by atoms with van der Waals surface area (Å²) in [4.78, 5) is 13.6. The van der Waals surface area contributed by atoms with Crippen LogP contribution in [0, 0.1) is 0 Å². The topological polar surface area (TPSA) is 41.6 Å². The molecule has 0 saturated carbocycles. The normalized spacial score (nSPS) is 18.0. The molecule has 144 valence electrons. The molecule has 2 aromatic rings. The zero-order chi connectivity index (χ0) is 19.3. The summed E-state index contributed by atoms with van der Waals surface area (Å²) in [6.45, 7) is 1.57. The highest BCUT2D eigenvalue weighted by Gasteiger charge is 2.31. The summed E-state index contributed by atoms with van der Waals surface area (Å²) in [6.07, 6.45) is -3.71. The Hall–Kier alpha value is -2.38. The predicted molar refractivity (Wildman–Crippen MR) is 96.6 cm³/mol. The lowest BCUT2D eigenvalue weighted by Crippen LogP contribution is -2.50. The van der Waals surface area contributed by atoms with Crippen molar-refractivity contribution in [3.8, 4) is 0 Å². The van der Waals surface area contributed by atoms with Crippen molar-refractivity contribution in [3.05, 3.63) is 65.7 Å². The van der Waals surface area contributed by atoms with Crippen molar-refractivity contribution in [2.24, 2.45) is 0 Å². The van der Waals surface area contributed by atoms with Gasteiger partial charge in [-0.05, 0) is 42.8 Å². The van der Waals surface area contributed by atoms with E-state index in [4.69, 9.17) is 4.74 Å². The maximum absolute atomic E-state index is 12.7. The highest BCUT2D eigenvalue weighted by atomic mass is 19.4. The van der Waals surface area contributed by atoms with Gasteiger partial charge in [0.2, 0.25) is 0 Å². The monoisotopic (exact) mass is 378 g/mol. The summed E-state index contributed by atoms with van der Waals surface area (Å²) >= 11 is 0. The van der Waals surface area contributed by atoms with Crippen LogP contribution in [0.4, 0.5) is 18.9 Å². The Morgan fingerprint density at radius 3 is 2.44 bits per heavy atom. The van der Waals surface area contributed by atoms with Crippen LogP contribution in [0.25, 0.3) is 0 Å². The minimum Gasteiger partial charge on any atom is -0.365 e. The molecule has 1 amide bonds. The fraction of sp³-hybridized carbons (Fsp3) is 0.350. The average Bonchev–Trinajstić information content (AvgIpc) is 2.67. The van der Waals surface area contributed by atoms with Crippen molar-refractivity contribution in [1.29, 1.82) is 0 Å². The van der Waals surface area contributed by atoms with Gasteiger partial charge in [-0.3, -0.25) is 4.79 Å². The molecule has 0 aliphatic carbocycles. The molecular weight excluding hydrogens is 357 g/mol. The van der Waals surface area contributed by atoms with E-state index in [1.54, 1.807) is 0 Å². The third-order valence-electron chi connectivity index (χ3n) is 4.44. The lowest BCUT2D eigenvalue weighted by Gasteiger charge is -2.33. The van der Waals surface area contributed by atoms with Crippen LogP contribution >= 0.6 is 0 Å². The first-order valence-electron chi connectivity index (χ1n) is 8.77. The van der Waals surface area contributed by atoms with Gasteiger partial charge >= 0.3 is 6.18 Å². The van der Waals surface area contributed by atoms with Crippen LogP contribution in [0.5, 0.6) is 0 Å². The first kappa shape index (κ1) is 19.4. The van der Waals surface area contributed by atoms with Gasteiger partial charge in [0.25, 0.3) is 5.91 Å². The molecule has 1 N–H and O–H groups in total. The molecule has 1 heterocycles. The number of rotatable bonds is 6. The van der Waals surface area contributed by atoms with E-state index in [-0.39, 0.29) is 18.6 Å². The minimum atomic E-state index is -4.39. The van der Waals surface area contributed by atoms with Crippen LogP contribution in [0.1, 0.15) is 11.1 Å². The molecular formula is C20H21F3N2O2. The van der Waals surface area contributed by atoms with Gasteiger partial charge in [-0.1, -0.05) is 30.3 Å². The molecule has 0 bridgehead atoms. The molecule has 1 aliphatic heterocycles. The Kier molecular flexibility index (Phi) is 6.13. The lowest BCUT2D eigenvalue weighted by molar-refractivity contribution is -0.137. The van der Waals surface area contributed by atoms with Gasteiger partial charge in [0.05, 0.1) is 18.2 Å². The van der Waals surface area contributed by atoms with Gasteiger partial charge in [0.1, 0.15) is 6.61 Å². The molecule has 1 aliphatic rings. The first-order chi connectivity index (χ1) is 12.9. The summed E-state index contributed by atoms with van der Waals surface area (Å²) < 4.78 is 43.6. The van der Waals surface area contributed by atoms with E-state index in [1.807, 2.05) is 18.2 Å². The Balaban J connectivity index is 1.52.